The molecule has 0 bridgehead atoms. The summed E-state index contributed by atoms with van der Waals surface area (Å²) in [4.78, 5) is 11.3. The van der Waals surface area contributed by atoms with Gasteiger partial charge in [-0.2, -0.15) is 0 Å². The van der Waals surface area contributed by atoms with E-state index in [2.05, 4.69) is 27.0 Å². The maximum Gasteiger partial charge on any atom is 0.138 e. The standard InChI is InChI=1S/C22H23N3O2/c1-15-5-6-22(27)21(24-15)14-25-10-8-18(13-25)16-7-9-23-20(12-16)17-3-2-4-19(26)11-17/h2-7,9,11-12,18,26-27H,8,10,13-14H2,1H3/t18-/m0/s1. The smallest absolute Gasteiger partial charge is 0.138 e. The molecule has 0 saturated carbocycles. The van der Waals surface area contributed by atoms with E-state index < -0.39 is 0 Å². The molecule has 1 fully saturated rings. The average Bonchev–Trinajstić information content (AvgIpc) is 3.13. The van der Waals surface area contributed by atoms with Crippen molar-refractivity contribution in [1.29, 1.82) is 0 Å². The highest BCUT2D eigenvalue weighted by Gasteiger charge is 2.25. The van der Waals surface area contributed by atoms with Crippen LogP contribution in [0.25, 0.3) is 11.3 Å². The number of rotatable bonds is 4. The van der Waals surface area contributed by atoms with Crippen LogP contribution in [-0.4, -0.2) is 38.2 Å². The molecule has 0 radical (unpaired) electrons. The number of phenolic OH excluding ortho intramolecular Hbond substituents is 1. The van der Waals surface area contributed by atoms with Crippen molar-refractivity contribution in [2.24, 2.45) is 0 Å². The number of aromatic nitrogens is 2. The van der Waals surface area contributed by atoms with Crippen molar-refractivity contribution in [3.63, 3.8) is 0 Å². The lowest BCUT2D eigenvalue weighted by molar-refractivity contribution is 0.314. The maximum atomic E-state index is 10.0. The number of pyridine rings is 2. The zero-order valence-corrected chi connectivity index (χ0v) is 15.3. The van der Waals surface area contributed by atoms with Gasteiger partial charge in [0.1, 0.15) is 11.5 Å². The van der Waals surface area contributed by atoms with Crippen molar-refractivity contribution in [2.75, 3.05) is 13.1 Å². The number of aryl methyl sites for hydroxylation is 1. The summed E-state index contributed by atoms with van der Waals surface area (Å²) in [7, 11) is 0. The summed E-state index contributed by atoms with van der Waals surface area (Å²) in [6, 6.07) is 14.9. The summed E-state index contributed by atoms with van der Waals surface area (Å²) in [6.07, 6.45) is 2.90. The van der Waals surface area contributed by atoms with E-state index in [-0.39, 0.29) is 11.5 Å². The molecule has 1 atom stereocenters. The molecule has 5 heteroatoms. The molecule has 3 aromatic rings. The Kier molecular flexibility index (Phi) is 4.77. The van der Waals surface area contributed by atoms with Crippen molar-refractivity contribution in [3.05, 3.63) is 71.7 Å². The summed E-state index contributed by atoms with van der Waals surface area (Å²) < 4.78 is 0. The van der Waals surface area contributed by atoms with Gasteiger partial charge in [-0.25, -0.2) is 0 Å². The summed E-state index contributed by atoms with van der Waals surface area (Å²) in [5, 5.41) is 19.8. The Morgan fingerprint density at radius 2 is 2.00 bits per heavy atom. The van der Waals surface area contributed by atoms with Gasteiger partial charge >= 0.3 is 0 Å². The SMILES string of the molecule is Cc1ccc(O)c(CN2CC[C@H](c3ccnc(-c4cccc(O)c4)c3)C2)n1. The Morgan fingerprint density at radius 1 is 1.11 bits per heavy atom. The van der Waals surface area contributed by atoms with E-state index in [1.54, 1.807) is 18.2 Å². The molecule has 1 aliphatic heterocycles. The lowest BCUT2D eigenvalue weighted by Gasteiger charge is -2.17. The van der Waals surface area contributed by atoms with E-state index >= 15 is 0 Å². The predicted molar refractivity (Wildman–Crippen MR) is 105 cm³/mol. The first kappa shape index (κ1) is 17.5. The van der Waals surface area contributed by atoms with Crippen molar-refractivity contribution in [2.45, 2.75) is 25.8 Å². The normalized spacial score (nSPS) is 17.3. The van der Waals surface area contributed by atoms with Gasteiger partial charge in [0, 0.05) is 30.5 Å². The lowest BCUT2D eigenvalue weighted by atomic mass is 9.97. The van der Waals surface area contributed by atoms with Crippen LogP contribution in [0.15, 0.2) is 54.7 Å². The molecule has 4 rings (SSSR count). The third kappa shape index (κ3) is 3.93. The van der Waals surface area contributed by atoms with Crippen LogP contribution in [0.2, 0.25) is 0 Å². The average molecular weight is 361 g/mol. The fraction of sp³-hybridized carbons (Fsp3) is 0.273. The van der Waals surface area contributed by atoms with Gasteiger partial charge < -0.3 is 10.2 Å². The van der Waals surface area contributed by atoms with Crippen molar-refractivity contribution in [3.8, 4) is 22.8 Å². The van der Waals surface area contributed by atoms with Gasteiger partial charge in [-0.3, -0.25) is 14.9 Å². The molecule has 0 aliphatic carbocycles. The van der Waals surface area contributed by atoms with Gasteiger partial charge in [-0.1, -0.05) is 12.1 Å². The first-order valence-electron chi connectivity index (χ1n) is 9.22. The van der Waals surface area contributed by atoms with Crippen LogP contribution >= 0.6 is 0 Å². The summed E-state index contributed by atoms with van der Waals surface area (Å²) >= 11 is 0. The van der Waals surface area contributed by atoms with Gasteiger partial charge in [-0.05, 0) is 67.8 Å². The van der Waals surface area contributed by atoms with Crippen molar-refractivity contribution < 1.29 is 10.2 Å². The van der Waals surface area contributed by atoms with E-state index in [9.17, 15) is 10.2 Å². The molecule has 1 aromatic carbocycles. The minimum Gasteiger partial charge on any atom is -0.508 e. The fourth-order valence-corrected chi connectivity index (χ4v) is 3.70. The highest BCUT2D eigenvalue weighted by atomic mass is 16.3. The number of aromatic hydroxyl groups is 2. The highest BCUT2D eigenvalue weighted by Crippen LogP contribution is 2.31. The minimum atomic E-state index is 0.247. The summed E-state index contributed by atoms with van der Waals surface area (Å²) in [5.74, 6) is 0.937. The number of hydrogen-bond donors (Lipinski definition) is 2. The Hall–Kier alpha value is -2.92. The first-order chi connectivity index (χ1) is 13.1. The molecule has 27 heavy (non-hydrogen) atoms. The van der Waals surface area contributed by atoms with Gasteiger partial charge in [-0.15, -0.1) is 0 Å². The molecule has 2 N–H and O–H groups in total. The largest absolute Gasteiger partial charge is 0.508 e. The number of phenols is 1. The van der Waals surface area contributed by atoms with Crippen molar-refractivity contribution >= 4 is 0 Å². The molecular weight excluding hydrogens is 338 g/mol. The summed E-state index contributed by atoms with van der Waals surface area (Å²) in [6.45, 7) is 4.51. The van der Waals surface area contributed by atoms with Gasteiger partial charge in [0.2, 0.25) is 0 Å². The van der Waals surface area contributed by atoms with Crippen LogP contribution in [0.3, 0.4) is 0 Å². The molecule has 0 amide bonds. The molecule has 1 aliphatic rings. The van der Waals surface area contributed by atoms with Gasteiger partial charge in [0.15, 0.2) is 0 Å². The topological polar surface area (TPSA) is 69.5 Å². The molecule has 1 saturated heterocycles. The fourth-order valence-electron chi connectivity index (χ4n) is 3.70. The third-order valence-electron chi connectivity index (χ3n) is 5.13. The molecule has 2 aromatic heterocycles. The first-order valence-corrected chi connectivity index (χ1v) is 9.22. The molecule has 138 valence electrons. The van der Waals surface area contributed by atoms with E-state index in [1.807, 2.05) is 31.3 Å². The molecule has 0 unspecified atom stereocenters. The van der Waals surface area contributed by atoms with Crippen LogP contribution in [0, 0.1) is 6.92 Å². The Labute approximate surface area is 159 Å². The minimum absolute atomic E-state index is 0.247. The molecule has 5 nitrogen and oxygen atoms in total. The molecule has 3 heterocycles. The number of nitrogens with zero attached hydrogens (tertiary/aromatic N) is 3. The number of hydrogen-bond acceptors (Lipinski definition) is 5. The summed E-state index contributed by atoms with van der Waals surface area (Å²) in [5.41, 5.74) is 4.71. The second-order valence-corrected chi connectivity index (χ2v) is 7.16. The maximum absolute atomic E-state index is 10.0. The Balaban J connectivity index is 1.49. The Morgan fingerprint density at radius 3 is 2.85 bits per heavy atom. The van der Waals surface area contributed by atoms with Crippen molar-refractivity contribution in [1.82, 2.24) is 14.9 Å². The van der Waals surface area contributed by atoms with Crippen LogP contribution in [0.1, 0.15) is 29.3 Å². The second kappa shape index (κ2) is 7.37. The number of benzene rings is 1. The monoisotopic (exact) mass is 361 g/mol. The van der Waals surface area contributed by atoms with Crippen LogP contribution in [-0.2, 0) is 6.54 Å². The van der Waals surface area contributed by atoms with E-state index in [4.69, 9.17) is 0 Å². The van der Waals surface area contributed by atoms with Gasteiger partial charge in [0.25, 0.3) is 0 Å². The zero-order chi connectivity index (χ0) is 18.8. The van der Waals surface area contributed by atoms with Crippen LogP contribution in [0.5, 0.6) is 11.5 Å². The zero-order valence-electron chi connectivity index (χ0n) is 15.3. The Bertz CT molecular complexity index is 958. The quantitative estimate of drug-likeness (QED) is 0.739. The van der Waals surface area contributed by atoms with E-state index in [1.165, 1.54) is 5.56 Å². The lowest BCUT2D eigenvalue weighted by Crippen LogP contribution is -2.20. The molecule has 0 spiro atoms. The third-order valence-corrected chi connectivity index (χ3v) is 5.13. The predicted octanol–water partition coefficient (Wildman–Crippen LogP) is 3.85. The highest BCUT2D eigenvalue weighted by molar-refractivity contribution is 5.61. The molecular formula is C22H23N3O2. The van der Waals surface area contributed by atoms with Crippen LogP contribution in [0.4, 0.5) is 0 Å². The number of likely N-dealkylation sites (tertiary alicyclic amines) is 1. The van der Waals surface area contributed by atoms with Crippen LogP contribution < -0.4 is 0 Å². The van der Waals surface area contributed by atoms with E-state index in [0.717, 1.165) is 42.2 Å². The van der Waals surface area contributed by atoms with E-state index in [0.29, 0.717) is 12.5 Å². The second-order valence-electron chi connectivity index (χ2n) is 7.16. The van der Waals surface area contributed by atoms with Gasteiger partial charge in [0.05, 0.1) is 11.4 Å².